The molecule has 1 aromatic carbocycles. The topological polar surface area (TPSA) is 78.4 Å². The van der Waals surface area contributed by atoms with Gasteiger partial charge in [0.1, 0.15) is 5.75 Å². The number of nitrogens with two attached hydrogens (primary N) is 1. The van der Waals surface area contributed by atoms with Gasteiger partial charge in [0.05, 0.1) is 17.2 Å². The van der Waals surface area contributed by atoms with Crippen LogP contribution in [0.4, 0.5) is 11.4 Å². The molecule has 2 N–H and O–H groups in total. The van der Waals surface area contributed by atoms with Crippen LogP contribution < -0.4 is 10.5 Å². The average molecular weight is 238 g/mol. The summed E-state index contributed by atoms with van der Waals surface area (Å²) < 4.78 is 5.50. The van der Waals surface area contributed by atoms with Crippen LogP contribution in [0.25, 0.3) is 0 Å². The highest BCUT2D eigenvalue weighted by molar-refractivity contribution is 5.58. The van der Waals surface area contributed by atoms with Gasteiger partial charge in [0.25, 0.3) is 5.69 Å². The van der Waals surface area contributed by atoms with E-state index in [1.54, 1.807) is 0 Å². The summed E-state index contributed by atoms with van der Waals surface area (Å²) in [5.41, 5.74) is 6.15. The van der Waals surface area contributed by atoms with Crippen LogP contribution >= 0.6 is 0 Å². The van der Waals surface area contributed by atoms with Crippen LogP contribution in [0.1, 0.15) is 27.2 Å². The van der Waals surface area contributed by atoms with Crippen LogP contribution in [0.5, 0.6) is 5.75 Å². The fraction of sp³-hybridized carbons (Fsp3) is 0.500. The Morgan fingerprint density at radius 3 is 2.53 bits per heavy atom. The van der Waals surface area contributed by atoms with Crippen molar-refractivity contribution in [2.45, 2.75) is 27.2 Å². The molecule has 0 aliphatic rings. The normalized spacial score (nSPS) is 11.2. The Morgan fingerprint density at radius 1 is 1.41 bits per heavy atom. The molecule has 17 heavy (non-hydrogen) atoms. The zero-order valence-corrected chi connectivity index (χ0v) is 10.4. The molecule has 1 rings (SSSR count). The number of ether oxygens (including phenoxy) is 1. The zero-order chi connectivity index (χ0) is 13.1. The van der Waals surface area contributed by atoms with E-state index in [4.69, 9.17) is 10.5 Å². The summed E-state index contributed by atoms with van der Waals surface area (Å²) in [6.45, 7) is 6.91. The number of rotatable bonds is 4. The molecule has 0 radical (unpaired) electrons. The highest BCUT2D eigenvalue weighted by Gasteiger charge is 2.12. The zero-order valence-electron chi connectivity index (χ0n) is 10.4. The number of benzene rings is 1. The van der Waals surface area contributed by atoms with Crippen LogP contribution in [0, 0.1) is 15.5 Å². The number of hydrogen-bond donors (Lipinski definition) is 1. The van der Waals surface area contributed by atoms with Gasteiger partial charge in [0.15, 0.2) is 0 Å². The van der Waals surface area contributed by atoms with Crippen LogP contribution in [-0.2, 0) is 0 Å². The quantitative estimate of drug-likeness (QED) is 0.497. The largest absolute Gasteiger partial charge is 0.491 e. The number of nitrogen functional groups attached to an aromatic ring is 1. The highest BCUT2D eigenvalue weighted by atomic mass is 16.6. The van der Waals surface area contributed by atoms with Crippen molar-refractivity contribution >= 4 is 11.4 Å². The summed E-state index contributed by atoms with van der Waals surface area (Å²) in [6, 6.07) is 4.24. The Bertz CT molecular complexity index is 411. The second-order valence-corrected chi connectivity index (χ2v) is 5.14. The van der Waals surface area contributed by atoms with Crippen molar-refractivity contribution < 1.29 is 9.66 Å². The molecule has 0 atom stereocenters. The molecule has 0 aliphatic carbocycles. The molecule has 0 fully saturated rings. The first-order chi connectivity index (χ1) is 7.79. The minimum absolute atomic E-state index is 0.0225. The number of nitro groups is 1. The summed E-state index contributed by atoms with van der Waals surface area (Å²) in [6.07, 6.45) is 0.892. The molecule has 1 aromatic rings. The Kier molecular flexibility index (Phi) is 3.93. The van der Waals surface area contributed by atoms with Crippen molar-refractivity contribution in [2.75, 3.05) is 12.3 Å². The predicted molar refractivity (Wildman–Crippen MR) is 67.1 cm³/mol. The number of anilines is 1. The number of nitro benzene ring substituents is 1. The summed E-state index contributed by atoms with van der Waals surface area (Å²) in [4.78, 5) is 10.0. The Hall–Kier alpha value is -1.78. The van der Waals surface area contributed by atoms with Gasteiger partial charge < -0.3 is 10.5 Å². The molecule has 0 bridgehead atoms. The Morgan fingerprint density at radius 2 is 2.06 bits per heavy atom. The minimum Gasteiger partial charge on any atom is -0.491 e. The first-order valence-corrected chi connectivity index (χ1v) is 5.46. The van der Waals surface area contributed by atoms with E-state index < -0.39 is 4.92 Å². The molecule has 94 valence electrons. The molecule has 0 aromatic heterocycles. The first-order valence-electron chi connectivity index (χ1n) is 5.46. The number of nitrogens with zero attached hydrogens (tertiary/aromatic N) is 1. The van der Waals surface area contributed by atoms with Gasteiger partial charge in [0, 0.05) is 12.1 Å². The molecule has 5 heteroatoms. The lowest BCUT2D eigenvalue weighted by molar-refractivity contribution is -0.384. The molecule has 0 saturated carbocycles. The van der Waals surface area contributed by atoms with E-state index in [0.29, 0.717) is 18.0 Å². The molecule has 5 nitrogen and oxygen atoms in total. The van der Waals surface area contributed by atoms with E-state index in [9.17, 15) is 10.1 Å². The van der Waals surface area contributed by atoms with Crippen molar-refractivity contribution in [1.82, 2.24) is 0 Å². The maximum atomic E-state index is 10.5. The fourth-order valence-corrected chi connectivity index (χ4v) is 1.25. The maximum absolute atomic E-state index is 10.5. The van der Waals surface area contributed by atoms with E-state index in [2.05, 4.69) is 20.8 Å². The van der Waals surface area contributed by atoms with E-state index in [1.807, 2.05) is 0 Å². The smallest absolute Gasteiger partial charge is 0.271 e. The SMILES string of the molecule is CC(C)(C)CCOc1ccc([N+](=O)[O-])cc1N. The fourth-order valence-electron chi connectivity index (χ4n) is 1.25. The summed E-state index contributed by atoms with van der Waals surface area (Å²) in [5.74, 6) is 0.500. The molecular formula is C12H18N2O3. The van der Waals surface area contributed by atoms with E-state index in [-0.39, 0.29) is 11.1 Å². The van der Waals surface area contributed by atoms with Crippen molar-refractivity contribution in [1.29, 1.82) is 0 Å². The Labute approximate surface area is 101 Å². The molecule has 0 spiro atoms. The number of non-ortho nitro benzene ring substituents is 1. The van der Waals surface area contributed by atoms with Crippen LogP contribution in [0.2, 0.25) is 0 Å². The van der Waals surface area contributed by atoms with E-state index >= 15 is 0 Å². The third-order valence-electron chi connectivity index (χ3n) is 2.31. The Balaban J connectivity index is 2.64. The molecule has 0 heterocycles. The van der Waals surface area contributed by atoms with Gasteiger partial charge in [-0.3, -0.25) is 10.1 Å². The van der Waals surface area contributed by atoms with Gasteiger partial charge >= 0.3 is 0 Å². The van der Waals surface area contributed by atoms with Gasteiger partial charge in [-0.1, -0.05) is 20.8 Å². The second kappa shape index (κ2) is 5.03. The van der Waals surface area contributed by atoms with Gasteiger partial charge in [-0.15, -0.1) is 0 Å². The van der Waals surface area contributed by atoms with Gasteiger partial charge in [-0.2, -0.15) is 0 Å². The first kappa shape index (κ1) is 13.3. The molecule has 0 aliphatic heterocycles. The predicted octanol–water partition coefficient (Wildman–Crippen LogP) is 2.99. The van der Waals surface area contributed by atoms with Crippen LogP contribution in [0.3, 0.4) is 0 Å². The molecule has 0 unspecified atom stereocenters. The van der Waals surface area contributed by atoms with Crippen molar-refractivity contribution in [3.05, 3.63) is 28.3 Å². The van der Waals surface area contributed by atoms with Crippen LogP contribution in [0.15, 0.2) is 18.2 Å². The standard InChI is InChI=1S/C12H18N2O3/c1-12(2,3)6-7-17-11-5-4-9(14(15)16)8-10(11)13/h4-5,8H,6-7,13H2,1-3H3. The summed E-state index contributed by atoms with van der Waals surface area (Å²) in [5, 5.41) is 10.5. The molecule has 0 amide bonds. The summed E-state index contributed by atoms with van der Waals surface area (Å²) >= 11 is 0. The second-order valence-electron chi connectivity index (χ2n) is 5.14. The van der Waals surface area contributed by atoms with Crippen molar-refractivity contribution in [3.8, 4) is 5.75 Å². The van der Waals surface area contributed by atoms with Gasteiger partial charge in [0.2, 0.25) is 0 Å². The molecule has 0 saturated heterocycles. The number of hydrogen-bond acceptors (Lipinski definition) is 4. The minimum atomic E-state index is -0.477. The third kappa shape index (κ3) is 4.30. The average Bonchev–Trinajstić information content (AvgIpc) is 2.18. The van der Waals surface area contributed by atoms with Gasteiger partial charge in [-0.25, -0.2) is 0 Å². The lowest BCUT2D eigenvalue weighted by atomic mass is 9.93. The monoisotopic (exact) mass is 238 g/mol. The lowest BCUT2D eigenvalue weighted by Crippen LogP contribution is -2.11. The highest BCUT2D eigenvalue weighted by Crippen LogP contribution is 2.27. The van der Waals surface area contributed by atoms with Crippen molar-refractivity contribution in [2.24, 2.45) is 5.41 Å². The van der Waals surface area contributed by atoms with E-state index in [0.717, 1.165) is 6.42 Å². The van der Waals surface area contributed by atoms with Crippen molar-refractivity contribution in [3.63, 3.8) is 0 Å². The maximum Gasteiger partial charge on any atom is 0.271 e. The van der Waals surface area contributed by atoms with E-state index in [1.165, 1.54) is 18.2 Å². The summed E-state index contributed by atoms with van der Waals surface area (Å²) in [7, 11) is 0. The lowest BCUT2D eigenvalue weighted by Gasteiger charge is -2.18. The van der Waals surface area contributed by atoms with Crippen LogP contribution in [-0.4, -0.2) is 11.5 Å². The molecular weight excluding hydrogens is 220 g/mol. The third-order valence-corrected chi connectivity index (χ3v) is 2.31. The van der Waals surface area contributed by atoms with Gasteiger partial charge in [-0.05, 0) is 17.9 Å².